The maximum absolute atomic E-state index is 14.3. The third kappa shape index (κ3) is 4.81. The van der Waals surface area contributed by atoms with E-state index in [1.807, 2.05) is 0 Å². The van der Waals surface area contributed by atoms with Crippen molar-refractivity contribution in [3.8, 4) is 28.4 Å². The van der Waals surface area contributed by atoms with E-state index in [4.69, 9.17) is 14.2 Å². The third-order valence-corrected chi connectivity index (χ3v) is 7.09. The minimum atomic E-state index is -4.82. The number of hydrogen-bond acceptors (Lipinski definition) is 8. The molecule has 1 fully saturated rings. The van der Waals surface area contributed by atoms with Crippen molar-refractivity contribution >= 4 is 17.5 Å². The van der Waals surface area contributed by atoms with Gasteiger partial charge in [0, 0.05) is 42.5 Å². The van der Waals surface area contributed by atoms with E-state index in [2.05, 4.69) is 5.10 Å². The average Bonchev–Trinajstić information content (AvgIpc) is 3.59. The highest BCUT2D eigenvalue weighted by Gasteiger charge is 2.38. The van der Waals surface area contributed by atoms with Crippen molar-refractivity contribution in [3.63, 3.8) is 0 Å². The number of carbonyl (C=O) groups excluding carboxylic acids is 1. The predicted molar refractivity (Wildman–Crippen MR) is 140 cm³/mol. The van der Waals surface area contributed by atoms with E-state index < -0.39 is 35.2 Å². The molecule has 0 bridgehead atoms. The number of hydrogen-bond donors (Lipinski definition) is 1. The van der Waals surface area contributed by atoms with Crippen LogP contribution in [0.2, 0.25) is 0 Å². The summed E-state index contributed by atoms with van der Waals surface area (Å²) >= 11 is 0. The number of aliphatic hydroxyl groups is 1. The number of rotatable bonds is 5. The van der Waals surface area contributed by atoms with Crippen LogP contribution in [0, 0.1) is 0 Å². The van der Waals surface area contributed by atoms with Gasteiger partial charge in [-0.05, 0) is 43.2 Å². The van der Waals surface area contributed by atoms with Crippen LogP contribution in [0.3, 0.4) is 0 Å². The number of aromatic nitrogens is 2. The number of β-amino-alcohol motifs (C(OH)–C–C–N with tert-alkyl or cyclic N) is 1. The Labute approximate surface area is 227 Å². The van der Waals surface area contributed by atoms with Crippen LogP contribution in [-0.2, 0) is 17.3 Å². The first-order valence-electron chi connectivity index (χ1n) is 12.5. The number of ether oxygens (including phenoxy) is 3. The fourth-order valence-electron chi connectivity index (χ4n) is 5.14. The topological polar surface area (TPSA) is 106 Å². The molecular weight excluding hydrogens is 533 g/mol. The summed E-state index contributed by atoms with van der Waals surface area (Å²) in [5.74, 6) is 0.798. The zero-order valence-corrected chi connectivity index (χ0v) is 22.0. The van der Waals surface area contributed by atoms with Crippen molar-refractivity contribution in [1.82, 2.24) is 9.78 Å². The predicted octanol–water partition coefficient (Wildman–Crippen LogP) is 3.64. The summed E-state index contributed by atoms with van der Waals surface area (Å²) in [5.41, 5.74) is -1.23. The van der Waals surface area contributed by atoms with Crippen LogP contribution in [-0.4, -0.2) is 68.0 Å². The van der Waals surface area contributed by atoms with Gasteiger partial charge in [-0.15, -0.1) is 0 Å². The molecule has 3 heterocycles. The Bertz CT molecular complexity index is 1500. The van der Waals surface area contributed by atoms with Crippen molar-refractivity contribution in [1.29, 1.82) is 0 Å². The van der Waals surface area contributed by atoms with Gasteiger partial charge in [0.15, 0.2) is 0 Å². The number of amides is 1. The quantitative estimate of drug-likeness (QED) is 0.505. The highest BCUT2D eigenvalue weighted by molar-refractivity contribution is 5.92. The lowest BCUT2D eigenvalue weighted by Gasteiger charge is -2.23. The standard InChI is InChI=1S/C27H27F3N4O6/c1-38-18-10-15(11-19(13-18)39-2)23-20-7-9-33(26(37)40-3)24(20)25(36)34(31-23)22-12-16(32-8-6-17(35)14-32)4-5-21(22)27(28,29)30/h4-5,10-13,17,35H,6-9,14H2,1-3H3. The molecule has 2 aliphatic heterocycles. The van der Waals surface area contributed by atoms with E-state index in [0.717, 1.165) is 18.1 Å². The molecule has 212 valence electrons. The normalized spacial score (nSPS) is 16.7. The summed E-state index contributed by atoms with van der Waals surface area (Å²) in [4.78, 5) is 29.3. The Hall–Kier alpha value is -4.26. The van der Waals surface area contributed by atoms with E-state index in [0.29, 0.717) is 46.0 Å². The molecule has 13 heteroatoms. The largest absolute Gasteiger partial charge is 0.497 e. The lowest BCUT2D eigenvalue weighted by atomic mass is 10.0. The minimum Gasteiger partial charge on any atom is -0.497 e. The second-order valence-electron chi connectivity index (χ2n) is 9.45. The SMILES string of the molecule is COC(=O)N1CCc2c(-c3cc(OC)cc(OC)c3)nn(-c3cc(N4CCC(O)C4)ccc3C(F)(F)F)c(=O)c21. The first-order valence-corrected chi connectivity index (χ1v) is 12.5. The fraction of sp³-hybridized carbons (Fsp3) is 0.370. The number of benzene rings is 2. The summed E-state index contributed by atoms with van der Waals surface area (Å²) in [7, 11) is 4.06. The Morgan fingerprint density at radius 2 is 1.75 bits per heavy atom. The molecule has 40 heavy (non-hydrogen) atoms. The smallest absolute Gasteiger partial charge is 0.418 e. The molecule has 10 nitrogen and oxygen atoms in total. The molecular formula is C27H27F3N4O6. The van der Waals surface area contributed by atoms with Crippen LogP contribution in [0.4, 0.5) is 29.3 Å². The molecule has 1 aromatic heterocycles. The number of carbonyl (C=O) groups is 1. The van der Waals surface area contributed by atoms with Gasteiger partial charge < -0.3 is 24.2 Å². The van der Waals surface area contributed by atoms with E-state index in [1.54, 1.807) is 23.1 Å². The van der Waals surface area contributed by atoms with Crippen molar-refractivity contribution in [2.24, 2.45) is 0 Å². The highest BCUT2D eigenvalue weighted by Crippen LogP contribution is 2.39. The van der Waals surface area contributed by atoms with Crippen LogP contribution in [0.25, 0.3) is 16.9 Å². The number of anilines is 2. The molecule has 1 amide bonds. The molecule has 1 saturated heterocycles. The van der Waals surface area contributed by atoms with Gasteiger partial charge in [0.1, 0.15) is 17.2 Å². The van der Waals surface area contributed by atoms with Crippen molar-refractivity contribution in [2.75, 3.05) is 50.8 Å². The molecule has 1 unspecified atom stereocenters. The average molecular weight is 561 g/mol. The highest BCUT2D eigenvalue weighted by atomic mass is 19.4. The first-order chi connectivity index (χ1) is 19.0. The molecule has 5 rings (SSSR count). The number of halogens is 3. The van der Waals surface area contributed by atoms with Gasteiger partial charge in [0.05, 0.1) is 44.4 Å². The number of fused-ring (bicyclic) bond motifs is 1. The maximum Gasteiger partial charge on any atom is 0.418 e. The van der Waals surface area contributed by atoms with E-state index in [1.165, 1.54) is 26.4 Å². The Kier molecular flexibility index (Phi) is 7.08. The monoisotopic (exact) mass is 560 g/mol. The van der Waals surface area contributed by atoms with E-state index in [9.17, 15) is 27.9 Å². The lowest BCUT2D eigenvalue weighted by molar-refractivity contribution is -0.137. The van der Waals surface area contributed by atoms with Gasteiger partial charge in [0.25, 0.3) is 5.56 Å². The van der Waals surface area contributed by atoms with Crippen molar-refractivity contribution < 1.29 is 37.3 Å². The summed E-state index contributed by atoms with van der Waals surface area (Å²) in [6.45, 7) is 0.751. The van der Waals surface area contributed by atoms with Crippen molar-refractivity contribution in [2.45, 2.75) is 25.1 Å². The van der Waals surface area contributed by atoms with Gasteiger partial charge >= 0.3 is 12.3 Å². The van der Waals surface area contributed by atoms with Crippen molar-refractivity contribution in [3.05, 3.63) is 57.9 Å². The lowest BCUT2D eigenvalue weighted by Crippen LogP contribution is -2.35. The summed E-state index contributed by atoms with van der Waals surface area (Å²) in [6.07, 6.45) is -5.57. The molecule has 0 aliphatic carbocycles. The molecule has 0 saturated carbocycles. The maximum atomic E-state index is 14.3. The molecule has 2 aromatic carbocycles. The fourth-order valence-corrected chi connectivity index (χ4v) is 5.14. The van der Waals surface area contributed by atoms with Crippen LogP contribution in [0.15, 0.2) is 41.2 Å². The zero-order chi connectivity index (χ0) is 28.8. The molecule has 3 aromatic rings. The van der Waals surface area contributed by atoms with Gasteiger partial charge in [-0.25, -0.2) is 4.79 Å². The number of alkyl halides is 3. The zero-order valence-electron chi connectivity index (χ0n) is 22.0. The first kappa shape index (κ1) is 27.3. The van der Waals surface area contributed by atoms with Crippen LogP contribution >= 0.6 is 0 Å². The number of aliphatic hydroxyl groups excluding tert-OH is 1. The van der Waals surface area contributed by atoms with Crippen LogP contribution in [0.5, 0.6) is 11.5 Å². The Morgan fingerprint density at radius 3 is 2.33 bits per heavy atom. The second-order valence-corrected chi connectivity index (χ2v) is 9.45. The molecule has 0 radical (unpaired) electrons. The summed E-state index contributed by atoms with van der Waals surface area (Å²) in [6, 6.07) is 8.28. The van der Waals surface area contributed by atoms with Gasteiger partial charge in [-0.1, -0.05) is 0 Å². The third-order valence-electron chi connectivity index (χ3n) is 7.09. The summed E-state index contributed by atoms with van der Waals surface area (Å²) < 4.78 is 59.1. The van der Waals surface area contributed by atoms with Gasteiger partial charge in [0.2, 0.25) is 0 Å². The van der Waals surface area contributed by atoms with E-state index >= 15 is 0 Å². The van der Waals surface area contributed by atoms with Crippen LogP contribution in [0.1, 0.15) is 17.5 Å². The Balaban J connectivity index is 1.81. The minimum absolute atomic E-state index is 0.0783. The number of nitrogens with zero attached hydrogens (tertiary/aromatic N) is 4. The van der Waals surface area contributed by atoms with Gasteiger partial charge in [-0.2, -0.15) is 23.0 Å². The summed E-state index contributed by atoms with van der Waals surface area (Å²) in [5, 5.41) is 14.4. The van der Waals surface area contributed by atoms with Crippen LogP contribution < -0.4 is 24.8 Å². The molecule has 2 aliphatic rings. The molecule has 1 atom stereocenters. The van der Waals surface area contributed by atoms with E-state index in [-0.39, 0.29) is 30.9 Å². The second kappa shape index (κ2) is 10.4. The Morgan fingerprint density at radius 1 is 1.05 bits per heavy atom. The van der Waals surface area contributed by atoms with Gasteiger partial charge in [-0.3, -0.25) is 9.69 Å². The number of methoxy groups -OCH3 is 3. The molecule has 0 spiro atoms. The molecule has 1 N–H and O–H groups in total.